The van der Waals surface area contributed by atoms with Gasteiger partial charge in [-0.15, -0.1) is 13.2 Å². The fourth-order valence-corrected chi connectivity index (χ4v) is 2.93. The number of benzene rings is 1. The summed E-state index contributed by atoms with van der Waals surface area (Å²) in [6.07, 6.45) is 2.92. The minimum Gasteiger partial charge on any atom is -0.478 e. The smallest absolute Gasteiger partial charge is 0.478 e. The van der Waals surface area contributed by atoms with E-state index in [9.17, 15) is 13.2 Å². The summed E-state index contributed by atoms with van der Waals surface area (Å²) < 4.78 is 25.8. The number of carbonyl (C=O) groups is 1. The van der Waals surface area contributed by atoms with Gasteiger partial charge in [0.2, 0.25) is 10.0 Å². The minimum atomic E-state index is -3.75. The summed E-state index contributed by atoms with van der Waals surface area (Å²) in [7, 11) is -3.75. The van der Waals surface area contributed by atoms with E-state index < -0.39 is 16.0 Å². The van der Waals surface area contributed by atoms with E-state index in [1.54, 1.807) is 0 Å². The van der Waals surface area contributed by atoms with Crippen LogP contribution >= 0.6 is 0 Å². The first kappa shape index (κ1) is 18.6. The maximum Gasteiger partial charge on any atom is 2.00 e. The molecule has 0 unspecified atom stereocenters. The van der Waals surface area contributed by atoms with Gasteiger partial charge in [0.15, 0.2) is 0 Å². The van der Waals surface area contributed by atoms with Gasteiger partial charge in [-0.05, 0) is 18.2 Å². The Hall–Kier alpha value is -1.40. The van der Waals surface area contributed by atoms with Gasteiger partial charge in [0.05, 0.1) is 10.5 Å². The fraction of sp³-hybridized carbons (Fsp3) is 0.154. The van der Waals surface area contributed by atoms with Gasteiger partial charge in [0, 0.05) is 13.1 Å². The van der Waals surface area contributed by atoms with Gasteiger partial charge in [-0.2, -0.15) is 4.31 Å². The summed E-state index contributed by atoms with van der Waals surface area (Å²) in [5.74, 6) is -1.17. The Morgan fingerprint density at radius 3 is 2.25 bits per heavy atom. The van der Waals surface area contributed by atoms with Gasteiger partial charge in [0.1, 0.15) is 0 Å². The second-order valence-electron chi connectivity index (χ2n) is 3.73. The first-order chi connectivity index (χ1) is 8.93. The molecule has 0 aliphatic heterocycles. The summed E-state index contributed by atoms with van der Waals surface area (Å²) in [5, 5.41) is 8.88. The number of carboxylic acid groups (broad SMARTS) is 1. The maximum absolute atomic E-state index is 12.3. The van der Waals surface area contributed by atoms with Crippen molar-refractivity contribution in [2.45, 2.75) is 4.90 Å². The Morgan fingerprint density at radius 2 is 1.80 bits per heavy atom. The SMILES string of the molecule is C=CCN(CC=C)S(=O)(=O)c1cccc(C(=O)O)c1.[Cu+2]. The van der Waals surface area contributed by atoms with Crippen molar-refractivity contribution in [1.29, 1.82) is 0 Å². The number of rotatable bonds is 7. The Kier molecular flexibility index (Phi) is 7.45. The fourth-order valence-electron chi connectivity index (χ4n) is 1.50. The second kappa shape index (κ2) is 8.01. The van der Waals surface area contributed by atoms with Crippen molar-refractivity contribution in [3.63, 3.8) is 0 Å². The largest absolute Gasteiger partial charge is 2.00 e. The van der Waals surface area contributed by atoms with Crippen molar-refractivity contribution < 1.29 is 35.4 Å². The van der Waals surface area contributed by atoms with Gasteiger partial charge in [-0.1, -0.05) is 18.2 Å². The van der Waals surface area contributed by atoms with E-state index in [1.807, 2.05) is 0 Å². The van der Waals surface area contributed by atoms with Crippen LogP contribution in [0.3, 0.4) is 0 Å². The van der Waals surface area contributed by atoms with Gasteiger partial charge >= 0.3 is 23.0 Å². The van der Waals surface area contributed by atoms with E-state index in [2.05, 4.69) is 13.2 Å². The van der Waals surface area contributed by atoms with Gasteiger partial charge < -0.3 is 5.11 Å². The van der Waals surface area contributed by atoms with Crippen molar-refractivity contribution >= 4 is 16.0 Å². The number of aromatic carboxylic acids is 1. The average molecular weight is 345 g/mol. The first-order valence-corrected chi connectivity index (χ1v) is 6.92. The van der Waals surface area contributed by atoms with Crippen molar-refractivity contribution in [1.82, 2.24) is 4.31 Å². The molecule has 0 saturated heterocycles. The summed E-state index contributed by atoms with van der Waals surface area (Å²) in [4.78, 5) is 10.8. The molecule has 7 heteroatoms. The van der Waals surface area contributed by atoms with Crippen LogP contribution in [0, 0.1) is 0 Å². The van der Waals surface area contributed by atoms with Crippen LogP contribution in [0.15, 0.2) is 54.5 Å². The van der Waals surface area contributed by atoms with Crippen molar-refractivity contribution in [3.8, 4) is 0 Å². The molecule has 1 rings (SSSR count). The molecule has 0 bridgehead atoms. The number of hydrogen-bond donors (Lipinski definition) is 1. The molecule has 20 heavy (non-hydrogen) atoms. The molecule has 0 spiro atoms. The molecule has 1 N–H and O–H groups in total. The van der Waals surface area contributed by atoms with Crippen LogP contribution in [0.2, 0.25) is 0 Å². The van der Waals surface area contributed by atoms with Crippen LogP contribution in [0.1, 0.15) is 10.4 Å². The number of nitrogens with zero attached hydrogens (tertiary/aromatic N) is 1. The average Bonchev–Trinajstić information content (AvgIpc) is 2.38. The van der Waals surface area contributed by atoms with E-state index in [4.69, 9.17) is 5.11 Å². The first-order valence-electron chi connectivity index (χ1n) is 5.48. The molecule has 0 atom stereocenters. The van der Waals surface area contributed by atoms with Crippen molar-refractivity contribution in [2.24, 2.45) is 0 Å². The molecule has 1 aromatic rings. The third-order valence-corrected chi connectivity index (χ3v) is 4.21. The second-order valence-corrected chi connectivity index (χ2v) is 5.67. The molecule has 5 nitrogen and oxygen atoms in total. The topological polar surface area (TPSA) is 74.7 Å². The van der Waals surface area contributed by atoms with E-state index in [0.29, 0.717) is 0 Å². The molecule has 0 heterocycles. The van der Waals surface area contributed by atoms with Crippen molar-refractivity contribution in [2.75, 3.05) is 13.1 Å². The quantitative estimate of drug-likeness (QED) is 0.604. The molecule has 0 fully saturated rings. The standard InChI is InChI=1S/C13H15NO4S.Cu/c1-3-8-14(9-4-2)19(17,18)12-7-5-6-11(10-12)13(15)16;/h3-7,10H,1-2,8-9H2,(H,15,16);/q;+2. The van der Waals surface area contributed by atoms with Crippen LogP contribution in [0.25, 0.3) is 0 Å². The van der Waals surface area contributed by atoms with Crippen LogP contribution in [-0.4, -0.2) is 36.9 Å². The summed E-state index contributed by atoms with van der Waals surface area (Å²) in [6, 6.07) is 5.24. The molecular formula is C13H15CuNO4S+2. The molecule has 0 amide bonds. The van der Waals surface area contributed by atoms with Gasteiger partial charge in [-0.25, -0.2) is 13.2 Å². The third kappa shape index (κ3) is 4.31. The zero-order valence-electron chi connectivity index (χ0n) is 10.6. The van der Waals surface area contributed by atoms with Crippen LogP contribution in [-0.2, 0) is 27.1 Å². The number of sulfonamides is 1. The molecule has 1 aromatic carbocycles. The molecule has 0 aliphatic carbocycles. The number of hydrogen-bond acceptors (Lipinski definition) is 3. The molecule has 1 radical (unpaired) electrons. The van der Waals surface area contributed by atoms with Crippen LogP contribution < -0.4 is 0 Å². The predicted octanol–water partition coefficient (Wildman–Crippen LogP) is 1.75. The van der Waals surface area contributed by atoms with Crippen LogP contribution in [0.4, 0.5) is 0 Å². The Balaban J connectivity index is 0.00000361. The summed E-state index contributed by atoms with van der Waals surface area (Å²) >= 11 is 0. The Bertz CT molecular complexity index is 588. The van der Waals surface area contributed by atoms with E-state index in [0.717, 1.165) is 10.4 Å². The van der Waals surface area contributed by atoms with E-state index >= 15 is 0 Å². The van der Waals surface area contributed by atoms with Gasteiger partial charge in [-0.3, -0.25) is 0 Å². The van der Waals surface area contributed by atoms with Gasteiger partial charge in [0.25, 0.3) is 0 Å². The maximum atomic E-state index is 12.3. The predicted molar refractivity (Wildman–Crippen MR) is 72.6 cm³/mol. The van der Waals surface area contributed by atoms with Crippen LogP contribution in [0.5, 0.6) is 0 Å². The summed E-state index contributed by atoms with van der Waals surface area (Å²) in [5.41, 5.74) is -0.0711. The van der Waals surface area contributed by atoms with Crippen molar-refractivity contribution in [3.05, 3.63) is 55.1 Å². The monoisotopic (exact) mass is 344 g/mol. The molecule has 0 aliphatic rings. The summed E-state index contributed by atoms with van der Waals surface area (Å²) in [6.45, 7) is 7.26. The molecule has 0 saturated carbocycles. The van der Waals surface area contributed by atoms with E-state index in [-0.39, 0.29) is 40.6 Å². The Morgan fingerprint density at radius 1 is 1.25 bits per heavy atom. The molecule has 0 aromatic heterocycles. The zero-order valence-corrected chi connectivity index (χ0v) is 12.4. The third-order valence-electron chi connectivity index (χ3n) is 2.38. The number of carboxylic acids is 1. The zero-order chi connectivity index (χ0) is 14.5. The van der Waals surface area contributed by atoms with E-state index in [1.165, 1.54) is 30.4 Å². The molecule has 111 valence electrons. The Labute approximate surface area is 129 Å². The molecular weight excluding hydrogens is 330 g/mol. The normalized spacial score (nSPS) is 10.7. The minimum absolute atomic E-state index is 0.